The third kappa shape index (κ3) is 3.50. The summed E-state index contributed by atoms with van der Waals surface area (Å²) in [7, 11) is 0. The van der Waals surface area contributed by atoms with Gasteiger partial charge in [-0.05, 0) is 57.5 Å². The van der Waals surface area contributed by atoms with Gasteiger partial charge in [-0.2, -0.15) is 0 Å². The Balaban J connectivity index is 1.87. The van der Waals surface area contributed by atoms with Crippen molar-refractivity contribution in [3.8, 4) is 5.75 Å². The smallest absolute Gasteiger partial charge is 0.307 e. The van der Waals surface area contributed by atoms with Crippen LogP contribution in [-0.2, 0) is 22.2 Å². The fourth-order valence-electron chi connectivity index (χ4n) is 4.69. The molecule has 3 N–H and O–H groups in total. The Morgan fingerprint density at radius 1 is 1.03 bits per heavy atom. The van der Waals surface area contributed by atoms with Crippen LogP contribution in [0.15, 0.2) is 71.7 Å². The molecule has 5 rings (SSSR count). The van der Waals surface area contributed by atoms with E-state index in [9.17, 15) is 15.0 Å². The number of phenols is 1. The van der Waals surface area contributed by atoms with Crippen molar-refractivity contribution in [1.82, 2.24) is 4.98 Å². The summed E-state index contributed by atoms with van der Waals surface area (Å²) in [5.74, 6) is -0.773. The highest BCUT2D eigenvalue weighted by Crippen LogP contribution is 2.45. The lowest BCUT2D eigenvalue weighted by Gasteiger charge is -2.30. The van der Waals surface area contributed by atoms with Crippen LogP contribution in [0.2, 0.25) is 0 Å². The summed E-state index contributed by atoms with van der Waals surface area (Å²) >= 11 is 0. The first-order valence-corrected chi connectivity index (χ1v) is 11.0. The van der Waals surface area contributed by atoms with Crippen LogP contribution in [0.1, 0.15) is 43.2 Å². The highest BCUT2D eigenvalue weighted by Gasteiger charge is 2.40. The number of carboxylic acid groups (broad SMARTS) is 1. The van der Waals surface area contributed by atoms with E-state index in [-0.39, 0.29) is 17.6 Å². The highest BCUT2D eigenvalue weighted by atomic mass is 16.4. The van der Waals surface area contributed by atoms with Gasteiger partial charge in [0.15, 0.2) is 0 Å². The second-order valence-electron chi connectivity index (χ2n) is 9.71. The molecule has 2 heterocycles. The van der Waals surface area contributed by atoms with E-state index in [0.717, 1.165) is 27.2 Å². The first-order valence-electron chi connectivity index (χ1n) is 11.0. The largest absolute Gasteiger partial charge is 0.507 e. The molecule has 0 amide bonds. The number of H-pyrrole nitrogens is 1. The second-order valence-corrected chi connectivity index (χ2v) is 9.71. The van der Waals surface area contributed by atoms with Crippen LogP contribution in [0.4, 0.5) is 0 Å². The van der Waals surface area contributed by atoms with Gasteiger partial charge in [0.05, 0.1) is 17.5 Å². The summed E-state index contributed by atoms with van der Waals surface area (Å²) in [6.07, 6.45) is 1.92. The van der Waals surface area contributed by atoms with Crippen molar-refractivity contribution >= 4 is 22.9 Å². The molecule has 33 heavy (non-hydrogen) atoms. The zero-order valence-electron chi connectivity index (χ0n) is 18.9. The summed E-state index contributed by atoms with van der Waals surface area (Å²) in [6, 6.07) is 21.5. The average molecular weight is 439 g/mol. The number of nitrogens with one attached hydrogen (secondary N) is 1. The monoisotopic (exact) mass is 438 g/mol. The molecule has 0 fully saturated rings. The second kappa shape index (κ2) is 7.34. The summed E-state index contributed by atoms with van der Waals surface area (Å²) in [4.78, 5) is 20.2. The Morgan fingerprint density at radius 2 is 1.76 bits per heavy atom. The molecule has 1 atom stereocenters. The summed E-state index contributed by atoms with van der Waals surface area (Å²) < 4.78 is 0. The van der Waals surface area contributed by atoms with E-state index in [0.29, 0.717) is 16.7 Å². The number of nitrogens with zero attached hydrogens (tertiary/aromatic N) is 1. The van der Waals surface area contributed by atoms with Crippen molar-refractivity contribution in [3.05, 3.63) is 99.7 Å². The number of hydrogen-bond acceptors (Lipinski definition) is 3. The van der Waals surface area contributed by atoms with Crippen molar-refractivity contribution in [2.24, 2.45) is 4.99 Å². The van der Waals surface area contributed by atoms with E-state index in [1.165, 1.54) is 0 Å². The number of hydrogen-bond donors (Lipinski definition) is 3. The van der Waals surface area contributed by atoms with Crippen LogP contribution in [0.5, 0.6) is 5.75 Å². The van der Waals surface area contributed by atoms with Crippen LogP contribution in [0, 0.1) is 0 Å². The third-order valence-electron chi connectivity index (χ3n) is 6.28. The molecule has 5 nitrogen and oxygen atoms in total. The Labute approximate surface area is 191 Å². The van der Waals surface area contributed by atoms with E-state index >= 15 is 0 Å². The maximum Gasteiger partial charge on any atom is 0.307 e. The molecule has 5 heteroatoms. The average Bonchev–Trinajstić information content (AvgIpc) is 3.36. The van der Waals surface area contributed by atoms with Crippen molar-refractivity contribution < 1.29 is 15.0 Å². The number of aromatic nitrogens is 1. The highest BCUT2D eigenvalue weighted by molar-refractivity contribution is 5.82. The molecule has 1 aromatic heterocycles. The molecule has 0 aliphatic carbocycles. The van der Waals surface area contributed by atoms with E-state index < -0.39 is 11.5 Å². The van der Waals surface area contributed by atoms with Gasteiger partial charge in [0.1, 0.15) is 11.3 Å². The predicted octanol–water partition coefficient (Wildman–Crippen LogP) is 4.16. The van der Waals surface area contributed by atoms with Gasteiger partial charge >= 0.3 is 5.97 Å². The number of phenolic OH excluding ortho intramolecular Hbond substituents is 1. The molecule has 3 aromatic carbocycles. The molecule has 1 aliphatic heterocycles. The lowest BCUT2D eigenvalue weighted by molar-refractivity contribution is -0.136. The van der Waals surface area contributed by atoms with E-state index in [4.69, 9.17) is 4.99 Å². The Bertz CT molecular complexity index is 1460. The van der Waals surface area contributed by atoms with Crippen LogP contribution in [-0.4, -0.2) is 21.2 Å². The number of aromatic hydroxyl groups is 1. The molecule has 0 spiro atoms. The van der Waals surface area contributed by atoms with Gasteiger partial charge < -0.3 is 15.2 Å². The van der Waals surface area contributed by atoms with Gasteiger partial charge in [0, 0.05) is 11.1 Å². The number of fused-ring (bicyclic) bond motifs is 2. The minimum Gasteiger partial charge on any atom is -0.507 e. The third-order valence-corrected chi connectivity index (χ3v) is 6.28. The van der Waals surface area contributed by atoms with Gasteiger partial charge in [-0.3, -0.25) is 9.79 Å². The minimum absolute atomic E-state index is 0.133. The fraction of sp³-hybridized carbons (Fsp3) is 0.214. The molecular formula is C28H26N2O3. The topological polar surface area (TPSA) is 85.7 Å². The Hall–Kier alpha value is -3.86. The molecule has 4 aromatic rings. The number of para-hydroxylation sites is 2. The number of carbonyl (C=O) groups is 1. The number of aromatic amines is 1. The SMILES string of the molecule is CC(C)(C)c1cc(CC(=O)O)cc(C2(c3cc4ccccc4[nH]3)C=c3ccccc3=N2)c1O. The van der Waals surface area contributed by atoms with Crippen LogP contribution < -0.4 is 10.6 Å². The quantitative estimate of drug-likeness (QED) is 0.447. The number of aliphatic carboxylic acids is 1. The summed E-state index contributed by atoms with van der Waals surface area (Å²) in [5, 5.41) is 23.9. The molecule has 0 radical (unpaired) electrons. The number of carboxylic acids is 1. The minimum atomic E-state index is -1.01. The van der Waals surface area contributed by atoms with Gasteiger partial charge in [0.25, 0.3) is 0 Å². The van der Waals surface area contributed by atoms with Crippen molar-refractivity contribution in [2.75, 3.05) is 0 Å². The van der Waals surface area contributed by atoms with Crippen molar-refractivity contribution in [1.29, 1.82) is 0 Å². The Morgan fingerprint density at radius 3 is 2.45 bits per heavy atom. The Kier molecular flexibility index (Phi) is 4.67. The van der Waals surface area contributed by atoms with E-state index in [2.05, 4.69) is 17.1 Å². The first-order chi connectivity index (χ1) is 15.7. The van der Waals surface area contributed by atoms with Crippen molar-refractivity contribution in [3.63, 3.8) is 0 Å². The van der Waals surface area contributed by atoms with E-state index in [1.54, 1.807) is 12.1 Å². The molecule has 0 saturated carbocycles. The van der Waals surface area contributed by atoms with E-state index in [1.807, 2.05) is 69.3 Å². The molecule has 0 saturated heterocycles. The lowest BCUT2D eigenvalue weighted by Crippen LogP contribution is -2.25. The standard InChI is InChI=1S/C28H26N2O3/c1-27(2,3)20-12-17(14-25(31)32)13-21(26(20)33)28(16-19-9-5-7-11-23(19)30-28)24-15-18-8-4-6-10-22(18)29-24/h4-13,15-16,29,33H,14H2,1-3H3,(H,31,32). The van der Waals surface area contributed by atoms with Gasteiger partial charge in [-0.1, -0.05) is 63.2 Å². The summed E-state index contributed by atoms with van der Waals surface area (Å²) in [5.41, 5.74) is 2.31. The number of benzene rings is 3. The van der Waals surface area contributed by atoms with Crippen molar-refractivity contribution in [2.45, 2.75) is 38.1 Å². The zero-order chi connectivity index (χ0) is 23.4. The molecule has 166 valence electrons. The van der Waals surface area contributed by atoms with Gasteiger partial charge in [-0.25, -0.2) is 0 Å². The molecule has 0 bridgehead atoms. The van der Waals surface area contributed by atoms with Crippen LogP contribution in [0.3, 0.4) is 0 Å². The maximum atomic E-state index is 11.6. The predicted molar refractivity (Wildman–Crippen MR) is 129 cm³/mol. The molecule has 1 unspecified atom stereocenters. The fourth-order valence-corrected chi connectivity index (χ4v) is 4.69. The van der Waals surface area contributed by atoms with Crippen LogP contribution >= 0.6 is 0 Å². The number of rotatable bonds is 4. The maximum absolute atomic E-state index is 11.6. The first kappa shape index (κ1) is 21.0. The van der Waals surface area contributed by atoms with Crippen LogP contribution in [0.25, 0.3) is 17.0 Å². The van der Waals surface area contributed by atoms with Gasteiger partial charge in [0.2, 0.25) is 0 Å². The van der Waals surface area contributed by atoms with Gasteiger partial charge in [-0.15, -0.1) is 0 Å². The molecular weight excluding hydrogens is 412 g/mol. The summed E-state index contributed by atoms with van der Waals surface area (Å²) in [6.45, 7) is 6.03. The molecule has 1 aliphatic rings. The normalized spacial score (nSPS) is 17.4. The zero-order valence-corrected chi connectivity index (χ0v) is 18.9. The lowest BCUT2D eigenvalue weighted by atomic mass is 9.78.